The smallest absolute Gasteiger partial charge is 0.198 e. The van der Waals surface area contributed by atoms with Gasteiger partial charge in [-0.25, -0.2) is 0 Å². The molecule has 2 heterocycles. The maximum atomic E-state index is 5.51. The molecule has 0 spiro atoms. The second-order valence-electron chi connectivity index (χ2n) is 6.04. The molecule has 3 rings (SSSR count). The van der Waals surface area contributed by atoms with Crippen LogP contribution in [0.4, 0.5) is 5.69 Å². The van der Waals surface area contributed by atoms with Crippen LogP contribution in [0, 0.1) is 5.41 Å². The van der Waals surface area contributed by atoms with Crippen molar-refractivity contribution < 1.29 is 4.74 Å². The van der Waals surface area contributed by atoms with Gasteiger partial charge in [-0.05, 0) is 24.5 Å². The quantitative estimate of drug-likeness (QED) is 0.662. The number of hydrogen-bond acceptors (Lipinski definition) is 2. The predicted molar refractivity (Wildman–Crippen MR) is 82.4 cm³/mol. The maximum absolute atomic E-state index is 5.51. The molecular weight excluding hydrogens is 250 g/mol. The summed E-state index contributed by atoms with van der Waals surface area (Å²) in [5, 5.41) is 3.53. The van der Waals surface area contributed by atoms with E-state index in [4.69, 9.17) is 4.74 Å². The number of guanidine groups is 1. The highest BCUT2D eigenvalue weighted by atomic mass is 16.5. The van der Waals surface area contributed by atoms with Gasteiger partial charge in [0.1, 0.15) is 0 Å². The van der Waals surface area contributed by atoms with Crippen LogP contribution in [0.2, 0.25) is 0 Å². The van der Waals surface area contributed by atoms with E-state index in [1.54, 1.807) is 0 Å². The number of para-hydroxylation sites is 1. The molecule has 0 amide bonds. The summed E-state index contributed by atoms with van der Waals surface area (Å²) in [5.41, 5.74) is 2.93. The molecule has 4 heteroatoms. The standard InChI is InChI=1S/C16H23N3O/c1-16(8-10-20-12-16)11-18-15(17-2)19-9-7-13-5-3-4-6-14(13)19/h3-6H,7-12H2,1-2H3,(H,17,18). The first-order chi connectivity index (χ1) is 9.72. The van der Waals surface area contributed by atoms with Crippen LogP contribution < -0.4 is 10.2 Å². The number of nitrogens with zero attached hydrogens (tertiary/aromatic N) is 2. The minimum absolute atomic E-state index is 0.231. The number of nitrogens with one attached hydrogen (secondary N) is 1. The van der Waals surface area contributed by atoms with Crippen LogP contribution in [0.5, 0.6) is 0 Å². The average molecular weight is 273 g/mol. The van der Waals surface area contributed by atoms with Gasteiger partial charge >= 0.3 is 0 Å². The van der Waals surface area contributed by atoms with E-state index in [-0.39, 0.29) is 5.41 Å². The van der Waals surface area contributed by atoms with E-state index in [0.717, 1.165) is 45.1 Å². The average Bonchev–Trinajstić information content (AvgIpc) is 3.07. The van der Waals surface area contributed by atoms with E-state index in [0.29, 0.717) is 0 Å². The molecule has 0 saturated carbocycles. The second-order valence-corrected chi connectivity index (χ2v) is 6.04. The molecule has 20 heavy (non-hydrogen) atoms. The summed E-state index contributed by atoms with van der Waals surface area (Å²) in [6.07, 6.45) is 2.21. The van der Waals surface area contributed by atoms with Crippen molar-refractivity contribution in [1.82, 2.24) is 5.32 Å². The lowest BCUT2D eigenvalue weighted by molar-refractivity contribution is 0.160. The highest BCUT2D eigenvalue weighted by Crippen LogP contribution is 2.29. The van der Waals surface area contributed by atoms with E-state index in [2.05, 4.69) is 46.4 Å². The predicted octanol–water partition coefficient (Wildman–Crippen LogP) is 2.05. The molecule has 2 aliphatic rings. The molecule has 2 aliphatic heterocycles. The fourth-order valence-corrected chi connectivity index (χ4v) is 2.99. The third kappa shape index (κ3) is 2.52. The molecule has 1 N–H and O–H groups in total. The van der Waals surface area contributed by atoms with Crippen LogP contribution in [-0.4, -0.2) is 39.3 Å². The topological polar surface area (TPSA) is 36.9 Å². The Bertz CT molecular complexity index is 506. The molecule has 0 radical (unpaired) electrons. The van der Waals surface area contributed by atoms with Gasteiger partial charge in [0.05, 0.1) is 6.61 Å². The molecule has 108 valence electrons. The highest BCUT2D eigenvalue weighted by Gasteiger charge is 2.31. The first-order valence-corrected chi connectivity index (χ1v) is 7.36. The number of anilines is 1. The SMILES string of the molecule is CN=C(NCC1(C)CCOC1)N1CCc2ccccc21. The first-order valence-electron chi connectivity index (χ1n) is 7.36. The van der Waals surface area contributed by atoms with Gasteiger partial charge in [-0.2, -0.15) is 0 Å². The van der Waals surface area contributed by atoms with Gasteiger partial charge in [0.25, 0.3) is 0 Å². The summed E-state index contributed by atoms with van der Waals surface area (Å²) in [6.45, 7) is 5.92. The lowest BCUT2D eigenvalue weighted by Crippen LogP contribution is -2.45. The minimum atomic E-state index is 0.231. The number of aliphatic imine (C=N–C) groups is 1. The molecule has 0 bridgehead atoms. The van der Waals surface area contributed by atoms with Crippen LogP contribution in [0.15, 0.2) is 29.3 Å². The maximum Gasteiger partial charge on any atom is 0.198 e. The molecule has 1 unspecified atom stereocenters. The summed E-state index contributed by atoms with van der Waals surface area (Å²) in [6, 6.07) is 8.58. The van der Waals surface area contributed by atoms with Crippen LogP contribution in [0.1, 0.15) is 18.9 Å². The van der Waals surface area contributed by atoms with E-state index in [9.17, 15) is 0 Å². The fraction of sp³-hybridized carbons (Fsp3) is 0.562. The van der Waals surface area contributed by atoms with Crippen molar-refractivity contribution in [1.29, 1.82) is 0 Å². The summed E-state index contributed by atoms with van der Waals surface area (Å²) < 4.78 is 5.51. The third-order valence-electron chi connectivity index (χ3n) is 4.33. The normalized spacial score (nSPS) is 25.9. The molecule has 1 aromatic rings. The van der Waals surface area contributed by atoms with Gasteiger partial charge in [0.15, 0.2) is 5.96 Å². The van der Waals surface area contributed by atoms with E-state index < -0.39 is 0 Å². The van der Waals surface area contributed by atoms with E-state index in [1.807, 2.05) is 7.05 Å². The zero-order chi connectivity index (χ0) is 14.0. The summed E-state index contributed by atoms with van der Waals surface area (Å²) >= 11 is 0. The van der Waals surface area contributed by atoms with Gasteiger partial charge in [-0.3, -0.25) is 4.99 Å². The Labute approximate surface area is 120 Å². The largest absolute Gasteiger partial charge is 0.381 e. The van der Waals surface area contributed by atoms with Gasteiger partial charge in [-0.15, -0.1) is 0 Å². The number of ether oxygens (including phenoxy) is 1. The van der Waals surface area contributed by atoms with Crippen molar-refractivity contribution in [3.8, 4) is 0 Å². The minimum Gasteiger partial charge on any atom is -0.381 e. The molecule has 1 saturated heterocycles. The number of rotatable bonds is 2. The van der Waals surface area contributed by atoms with E-state index in [1.165, 1.54) is 11.3 Å². The van der Waals surface area contributed by atoms with Crippen molar-refractivity contribution in [3.05, 3.63) is 29.8 Å². The monoisotopic (exact) mass is 273 g/mol. The zero-order valence-electron chi connectivity index (χ0n) is 12.4. The molecule has 1 aromatic carbocycles. The molecular formula is C16H23N3O. The summed E-state index contributed by atoms with van der Waals surface area (Å²) in [7, 11) is 1.86. The Kier molecular flexibility index (Phi) is 3.66. The first kappa shape index (κ1) is 13.4. The van der Waals surface area contributed by atoms with Crippen LogP contribution >= 0.6 is 0 Å². The van der Waals surface area contributed by atoms with Crippen molar-refractivity contribution in [3.63, 3.8) is 0 Å². The Hall–Kier alpha value is -1.55. The zero-order valence-corrected chi connectivity index (χ0v) is 12.4. The Morgan fingerprint density at radius 1 is 1.45 bits per heavy atom. The molecule has 1 fully saturated rings. The molecule has 4 nitrogen and oxygen atoms in total. The summed E-state index contributed by atoms with van der Waals surface area (Å²) in [4.78, 5) is 6.74. The summed E-state index contributed by atoms with van der Waals surface area (Å²) in [5.74, 6) is 0.975. The van der Waals surface area contributed by atoms with Gasteiger partial charge in [-0.1, -0.05) is 25.1 Å². The number of fused-ring (bicyclic) bond motifs is 1. The fourth-order valence-electron chi connectivity index (χ4n) is 2.99. The molecule has 0 aromatic heterocycles. The molecule has 1 atom stereocenters. The number of hydrogen-bond donors (Lipinski definition) is 1. The third-order valence-corrected chi connectivity index (χ3v) is 4.33. The van der Waals surface area contributed by atoms with Gasteiger partial charge < -0.3 is 15.0 Å². The second kappa shape index (κ2) is 5.44. The van der Waals surface area contributed by atoms with Crippen molar-refractivity contribution in [2.45, 2.75) is 19.8 Å². The van der Waals surface area contributed by atoms with Crippen LogP contribution in [-0.2, 0) is 11.2 Å². The molecule has 0 aliphatic carbocycles. The van der Waals surface area contributed by atoms with Gasteiger partial charge in [0, 0.05) is 37.8 Å². The van der Waals surface area contributed by atoms with Crippen molar-refractivity contribution in [2.24, 2.45) is 10.4 Å². The number of benzene rings is 1. The lowest BCUT2D eigenvalue weighted by Gasteiger charge is -2.27. The Morgan fingerprint density at radius 2 is 2.30 bits per heavy atom. The van der Waals surface area contributed by atoms with Crippen molar-refractivity contribution in [2.75, 3.05) is 38.3 Å². The lowest BCUT2D eigenvalue weighted by atomic mass is 9.90. The van der Waals surface area contributed by atoms with Crippen LogP contribution in [0.3, 0.4) is 0 Å². The highest BCUT2D eigenvalue weighted by molar-refractivity contribution is 5.97. The Morgan fingerprint density at radius 3 is 3.05 bits per heavy atom. The Balaban J connectivity index is 1.69. The van der Waals surface area contributed by atoms with Crippen molar-refractivity contribution >= 4 is 11.6 Å². The van der Waals surface area contributed by atoms with Gasteiger partial charge in [0.2, 0.25) is 0 Å². The van der Waals surface area contributed by atoms with E-state index >= 15 is 0 Å². The van der Waals surface area contributed by atoms with Crippen LogP contribution in [0.25, 0.3) is 0 Å².